The summed E-state index contributed by atoms with van der Waals surface area (Å²) in [5, 5.41) is 1.61. The monoisotopic (exact) mass is 518 g/mol. The van der Waals surface area contributed by atoms with E-state index in [1.165, 1.54) is 4.57 Å². The van der Waals surface area contributed by atoms with Gasteiger partial charge in [-0.05, 0) is 57.5 Å². The second kappa shape index (κ2) is 10.3. The number of hydrogen-bond donors (Lipinski definition) is 0. The number of carbonyl (C=O) groups excluding carboxylic acids is 1. The first-order chi connectivity index (χ1) is 18.1. The fraction of sp³-hybridized carbons (Fsp3) is 0.370. The van der Waals surface area contributed by atoms with Gasteiger partial charge in [0.05, 0.1) is 19.6 Å². The first kappa shape index (κ1) is 25.4. The van der Waals surface area contributed by atoms with Crippen molar-refractivity contribution in [1.29, 1.82) is 0 Å². The molecule has 1 fully saturated rings. The molecule has 0 radical (unpaired) electrons. The fourth-order valence-corrected chi connectivity index (χ4v) is 4.22. The highest BCUT2D eigenvalue weighted by Gasteiger charge is 2.25. The van der Waals surface area contributed by atoms with Gasteiger partial charge in [0.15, 0.2) is 17.1 Å². The van der Waals surface area contributed by atoms with Gasteiger partial charge in [0.2, 0.25) is 0 Å². The van der Waals surface area contributed by atoms with Crippen molar-refractivity contribution in [3.05, 3.63) is 70.5 Å². The van der Waals surface area contributed by atoms with Crippen LogP contribution in [0.3, 0.4) is 0 Å². The number of carbonyl (C=O) groups is 1. The van der Waals surface area contributed by atoms with E-state index >= 15 is 0 Å². The molecule has 1 aliphatic heterocycles. The zero-order chi connectivity index (χ0) is 26.9. The third kappa shape index (κ3) is 5.83. The average molecular weight is 519 g/mol. The highest BCUT2D eigenvalue weighted by molar-refractivity contribution is 5.68. The number of fused-ring (bicyclic) bond motifs is 1. The Labute approximate surface area is 219 Å². The molecule has 11 nitrogen and oxygen atoms in total. The van der Waals surface area contributed by atoms with Crippen molar-refractivity contribution in [3.63, 3.8) is 0 Å². The third-order valence-corrected chi connectivity index (χ3v) is 5.97. The van der Waals surface area contributed by atoms with E-state index in [1.807, 2.05) is 43.3 Å². The van der Waals surface area contributed by atoms with Gasteiger partial charge in [0.25, 0.3) is 0 Å². The number of benzene rings is 1. The molecular weight excluding hydrogens is 488 g/mol. The Morgan fingerprint density at radius 2 is 1.84 bits per heavy atom. The number of oxazole rings is 1. The summed E-state index contributed by atoms with van der Waals surface area (Å²) in [5.74, 6) is 0.917. The maximum Gasteiger partial charge on any atom is 0.528 e. The summed E-state index contributed by atoms with van der Waals surface area (Å²) in [4.78, 5) is 45.6. The van der Waals surface area contributed by atoms with Crippen molar-refractivity contribution >= 4 is 23.2 Å². The lowest BCUT2D eigenvalue weighted by Gasteiger charge is -2.34. The molecule has 11 heteroatoms. The first-order valence-corrected chi connectivity index (χ1v) is 12.4. The summed E-state index contributed by atoms with van der Waals surface area (Å²) in [6, 6.07) is 13.2. The molecule has 3 aromatic heterocycles. The minimum atomic E-state index is -0.702. The Bertz CT molecular complexity index is 1510. The predicted octanol–water partition coefficient (Wildman–Crippen LogP) is 3.79. The van der Waals surface area contributed by atoms with Gasteiger partial charge in [-0.2, -0.15) is 0 Å². The standard InChI is InChI=1S/C27H30N6O5/c1-18-8-9-21-24(29-18)33(25(34)36-21)17-19-6-5-7-20(16-19)23-28-11-10-22(30-23)31-12-14-32(15-13-31)38-26(35)37-27(2,3)4/h5-11,16H,12-15,17H2,1-4H3. The second-order valence-electron chi connectivity index (χ2n) is 10.1. The lowest BCUT2D eigenvalue weighted by Crippen LogP contribution is -2.47. The van der Waals surface area contributed by atoms with E-state index in [0.29, 0.717) is 49.8 Å². The molecule has 0 spiro atoms. The van der Waals surface area contributed by atoms with Gasteiger partial charge in [-0.25, -0.2) is 24.5 Å². The quantitative estimate of drug-likeness (QED) is 0.361. The Morgan fingerprint density at radius 1 is 1.05 bits per heavy atom. The number of hydroxylamine groups is 2. The van der Waals surface area contributed by atoms with E-state index in [1.54, 1.807) is 38.1 Å². The van der Waals surface area contributed by atoms with Crippen molar-refractivity contribution in [2.24, 2.45) is 0 Å². The Kier molecular flexibility index (Phi) is 6.85. The molecule has 5 rings (SSSR count). The van der Waals surface area contributed by atoms with Crippen molar-refractivity contribution in [2.45, 2.75) is 39.8 Å². The Balaban J connectivity index is 1.28. The van der Waals surface area contributed by atoms with Gasteiger partial charge in [-0.1, -0.05) is 18.2 Å². The summed E-state index contributed by atoms with van der Waals surface area (Å²) in [6.45, 7) is 9.88. The van der Waals surface area contributed by atoms with Gasteiger partial charge >= 0.3 is 11.9 Å². The van der Waals surface area contributed by atoms with E-state index in [0.717, 1.165) is 22.6 Å². The van der Waals surface area contributed by atoms with Crippen molar-refractivity contribution in [2.75, 3.05) is 31.1 Å². The molecule has 0 N–H and O–H groups in total. The van der Waals surface area contributed by atoms with Crippen LogP contribution >= 0.6 is 0 Å². The minimum absolute atomic E-state index is 0.315. The molecule has 4 aromatic rings. The predicted molar refractivity (Wildman–Crippen MR) is 141 cm³/mol. The van der Waals surface area contributed by atoms with Crippen LogP contribution in [0.5, 0.6) is 0 Å². The highest BCUT2D eigenvalue weighted by Crippen LogP contribution is 2.22. The maximum absolute atomic E-state index is 12.5. The number of hydrogen-bond acceptors (Lipinski definition) is 10. The lowest BCUT2D eigenvalue weighted by atomic mass is 10.1. The van der Waals surface area contributed by atoms with Crippen LogP contribution in [-0.4, -0.2) is 62.5 Å². The number of rotatable bonds is 5. The van der Waals surface area contributed by atoms with Crippen LogP contribution in [0.1, 0.15) is 32.0 Å². The summed E-state index contributed by atoms with van der Waals surface area (Å²) < 4.78 is 12.1. The largest absolute Gasteiger partial charge is 0.528 e. The van der Waals surface area contributed by atoms with Gasteiger partial charge in [-0.15, -0.1) is 5.06 Å². The highest BCUT2D eigenvalue weighted by atomic mass is 16.8. The zero-order valence-corrected chi connectivity index (χ0v) is 21.9. The molecule has 0 bridgehead atoms. The smallest absolute Gasteiger partial charge is 0.427 e. The van der Waals surface area contributed by atoms with Crippen LogP contribution in [-0.2, 0) is 16.1 Å². The lowest BCUT2D eigenvalue weighted by molar-refractivity contribution is -0.144. The number of nitrogens with zero attached hydrogens (tertiary/aromatic N) is 6. The van der Waals surface area contributed by atoms with Crippen molar-refractivity contribution < 1.29 is 18.8 Å². The van der Waals surface area contributed by atoms with Crippen molar-refractivity contribution in [3.8, 4) is 11.4 Å². The van der Waals surface area contributed by atoms with E-state index < -0.39 is 17.5 Å². The van der Waals surface area contributed by atoms with Gasteiger partial charge in [-0.3, -0.25) is 4.57 Å². The average Bonchev–Trinajstić information content (AvgIpc) is 3.17. The molecule has 0 atom stereocenters. The molecule has 0 aliphatic carbocycles. The number of pyridine rings is 1. The first-order valence-electron chi connectivity index (χ1n) is 12.4. The minimum Gasteiger partial charge on any atom is -0.427 e. The van der Waals surface area contributed by atoms with Crippen LogP contribution in [0.15, 0.2) is 57.9 Å². The van der Waals surface area contributed by atoms with Crippen LogP contribution < -0.4 is 10.7 Å². The molecule has 0 amide bonds. The third-order valence-electron chi connectivity index (χ3n) is 5.97. The van der Waals surface area contributed by atoms with E-state index in [4.69, 9.17) is 19.0 Å². The summed E-state index contributed by atoms with van der Waals surface area (Å²) in [7, 11) is 0. The summed E-state index contributed by atoms with van der Waals surface area (Å²) in [6.07, 6.45) is 1.03. The van der Waals surface area contributed by atoms with Gasteiger partial charge in [0, 0.05) is 30.5 Å². The van der Waals surface area contributed by atoms with Crippen molar-refractivity contribution in [1.82, 2.24) is 24.6 Å². The molecule has 38 heavy (non-hydrogen) atoms. The topological polar surface area (TPSA) is 116 Å². The SMILES string of the molecule is Cc1ccc2oc(=O)n(Cc3cccc(-c4nccc(N5CCN(OC(=O)OC(C)(C)C)CC5)n4)c3)c2n1. The van der Waals surface area contributed by atoms with Gasteiger partial charge < -0.3 is 18.9 Å². The van der Waals surface area contributed by atoms with E-state index in [2.05, 4.69) is 14.9 Å². The molecular formula is C27H30N6O5. The van der Waals surface area contributed by atoms with E-state index in [9.17, 15) is 9.59 Å². The Hall–Kier alpha value is -4.25. The molecule has 1 saturated heterocycles. The van der Waals surface area contributed by atoms with Crippen LogP contribution in [0.4, 0.5) is 10.6 Å². The molecule has 4 heterocycles. The molecule has 1 aliphatic rings. The number of piperazine rings is 1. The molecule has 0 unspecified atom stereocenters. The van der Waals surface area contributed by atoms with Crippen LogP contribution in [0.25, 0.3) is 22.6 Å². The Morgan fingerprint density at radius 3 is 2.61 bits per heavy atom. The summed E-state index contributed by atoms with van der Waals surface area (Å²) in [5.41, 5.74) is 2.92. The van der Waals surface area contributed by atoms with Gasteiger partial charge in [0.1, 0.15) is 11.4 Å². The fourth-order valence-electron chi connectivity index (χ4n) is 4.22. The molecule has 198 valence electrons. The number of aryl methyl sites for hydroxylation is 1. The normalized spacial score (nSPS) is 14.6. The van der Waals surface area contributed by atoms with Crippen LogP contribution in [0, 0.1) is 6.92 Å². The molecule has 1 aromatic carbocycles. The second-order valence-corrected chi connectivity index (χ2v) is 10.1. The number of anilines is 1. The summed E-state index contributed by atoms with van der Waals surface area (Å²) >= 11 is 0. The molecule has 0 saturated carbocycles. The van der Waals surface area contributed by atoms with E-state index in [-0.39, 0.29) is 0 Å². The van der Waals surface area contributed by atoms with Crippen LogP contribution in [0.2, 0.25) is 0 Å². The number of ether oxygens (including phenoxy) is 1. The maximum atomic E-state index is 12.5. The zero-order valence-electron chi connectivity index (χ0n) is 21.9. The number of aromatic nitrogens is 4.